The van der Waals surface area contributed by atoms with Crippen molar-refractivity contribution in [3.05, 3.63) is 29.8 Å². The van der Waals surface area contributed by atoms with Crippen LogP contribution in [0.5, 0.6) is 5.75 Å². The third-order valence-corrected chi connectivity index (χ3v) is 5.01. The highest BCUT2D eigenvalue weighted by Crippen LogP contribution is 2.49. The molecule has 118 valence electrons. The van der Waals surface area contributed by atoms with Crippen LogP contribution in [-0.4, -0.2) is 31.6 Å². The molecule has 1 heterocycles. The zero-order valence-electron chi connectivity index (χ0n) is 12.9. The Labute approximate surface area is 130 Å². The minimum atomic E-state index is -0.767. The minimum Gasteiger partial charge on any atom is -0.497 e. The van der Waals surface area contributed by atoms with Crippen molar-refractivity contribution in [3.63, 3.8) is 0 Å². The lowest BCUT2D eigenvalue weighted by molar-refractivity contribution is -0.149. The normalized spacial score (nSPS) is 26.0. The molecule has 5 nitrogen and oxygen atoms in total. The third-order valence-electron chi connectivity index (χ3n) is 5.01. The van der Waals surface area contributed by atoms with Crippen LogP contribution in [0.15, 0.2) is 24.3 Å². The van der Waals surface area contributed by atoms with Crippen LogP contribution in [0.25, 0.3) is 0 Å². The van der Waals surface area contributed by atoms with E-state index < -0.39 is 11.9 Å². The molecule has 1 aromatic carbocycles. The molecule has 1 unspecified atom stereocenters. The fourth-order valence-corrected chi connectivity index (χ4v) is 4.01. The summed E-state index contributed by atoms with van der Waals surface area (Å²) in [6.07, 6.45) is 3.95. The molecule has 0 aromatic heterocycles. The Bertz CT molecular complexity index is 575. The van der Waals surface area contributed by atoms with Crippen LogP contribution in [0.3, 0.4) is 0 Å². The van der Waals surface area contributed by atoms with Gasteiger partial charge in [-0.2, -0.15) is 0 Å². The van der Waals surface area contributed by atoms with Crippen molar-refractivity contribution < 1.29 is 19.1 Å². The zero-order valence-corrected chi connectivity index (χ0v) is 12.9. The van der Waals surface area contributed by atoms with E-state index in [9.17, 15) is 9.59 Å². The van der Waals surface area contributed by atoms with Gasteiger partial charge in [-0.25, -0.2) is 0 Å². The number of carbonyl (C=O) groups excluding carboxylic acids is 2. The molecule has 1 aromatic rings. The Morgan fingerprint density at radius 2 is 1.82 bits per heavy atom. The summed E-state index contributed by atoms with van der Waals surface area (Å²) in [5, 5.41) is 3.10. The van der Waals surface area contributed by atoms with Gasteiger partial charge in [0.2, 0.25) is 5.91 Å². The molecule has 1 N–H and O–H groups in total. The fourth-order valence-electron chi connectivity index (χ4n) is 4.01. The smallest absolute Gasteiger partial charge is 0.318 e. The topological polar surface area (TPSA) is 64.6 Å². The lowest BCUT2D eigenvalue weighted by atomic mass is 9.74. The van der Waals surface area contributed by atoms with Gasteiger partial charge in [-0.05, 0) is 30.5 Å². The quantitative estimate of drug-likeness (QED) is 0.685. The second-order valence-electron chi connectivity index (χ2n) is 6.10. The lowest BCUT2D eigenvalue weighted by Crippen LogP contribution is -2.42. The van der Waals surface area contributed by atoms with Crippen LogP contribution in [0, 0.1) is 5.92 Å². The summed E-state index contributed by atoms with van der Waals surface area (Å²) in [5.74, 6) is -0.856. The van der Waals surface area contributed by atoms with E-state index in [1.54, 1.807) is 7.11 Å². The molecule has 5 heteroatoms. The average Bonchev–Trinajstić information content (AvgIpc) is 3.11. The summed E-state index contributed by atoms with van der Waals surface area (Å²) in [5.41, 5.74) is 0.668. The maximum Gasteiger partial charge on any atom is 0.318 e. The number of esters is 1. The first-order valence-corrected chi connectivity index (χ1v) is 7.65. The van der Waals surface area contributed by atoms with Gasteiger partial charge >= 0.3 is 5.97 Å². The van der Waals surface area contributed by atoms with E-state index in [-0.39, 0.29) is 17.4 Å². The summed E-state index contributed by atoms with van der Waals surface area (Å²) < 4.78 is 10.1. The van der Waals surface area contributed by atoms with Crippen molar-refractivity contribution in [3.8, 4) is 5.75 Å². The van der Waals surface area contributed by atoms with Gasteiger partial charge in [0.05, 0.1) is 14.2 Å². The number of amides is 1. The van der Waals surface area contributed by atoms with E-state index in [0.717, 1.165) is 37.0 Å². The van der Waals surface area contributed by atoms with Crippen LogP contribution in [0.2, 0.25) is 0 Å². The Balaban J connectivity index is 2.03. The van der Waals surface area contributed by atoms with Gasteiger partial charge < -0.3 is 14.8 Å². The largest absolute Gasteiger partial charge is 0.497 e. The summed E-state index contributed by atoms with van der Waals surface area (Å²) >= 11 is 0. The minimum absolute atomic E-state index is 0.180. The Kier molecular flexibility index (Phi) is 3.81. The molecule has 3 rings (SSSR count). The number of hydrogen-bond donors (Lipinski definition) is 1. The van der Waals surface area contributed by atoms with Crippen molar-refractivity contribution in [2.24, 2.45) is 5.92 Å². The number of benzene rings is 1. The van der Waals surface area contributed by atoms with Crippen LogP contribution in [-0.2, 0) is 14.3 Å². The van der Waals surface area contributed by atoms with E-state index in [0.29, 0.717) is 0 Å². The Hall–Kier alpha value is -2.04. The standard InChI is InChI=1S/C17H21NO4/c1-21-12-7-5-11(6-8-12)14-13(16(20)22-2)15(19)18-17(14)9-3-4-10-17/h5-8,13-14H,3-4,9-10H2,1-2H3,(H,18,19)/t13-,14?/m0/s1. The molecule has 1 spiro atoms. The van der Waals surface area contributed by atoms with Gasteiger partial charge in [-0.1, -0.05) is 25.0 Å². The molecule has 0 radical (unpaired) electrons. The summed E-state index contributed by atoms with van der Waals surface area (Å²) in [6.45, 7) is 0. The predicted octanol–water partition coefficient (Wildman–Crippen LogP) is 2.01. The van der Waals surface area contributed by atoms with Gasteiger partial charge in [-0.3, -0.25) is 9.59 Å². The molecule has 0 bridgehead atoms. The highest BCUT2D eigenvalue weighted by Gasteiger charge is 2.57. The number of methoxy groups -OCH3 is 2. The first kappa shape index (κ1) is 14.9. The van der Waals surface area contributed by atoms with Gasteiger partial charge in [0.15, 0.2) is 0 Å². The maximum atomic E-state index is 12.4. The lowest BCUT2D eigenvalue weighted by Gasteiger charge is -2.32. The zero-order chi connectivity index (χ0) is 15.7. The number of hydrogen-bond acceptors (Lipinski definition) is 4. The molecule has 2 atom stereocenters. The Morgan fingerprint density at radius 1 is 1.18 bits per heavy atom. The summed E-state index contributed by atoms with van der Waals surface area (Å²) in [7, 11) is 2.95. The van der Waals surface area contributed by atoms with Crippen molar-refractivity contribution in [2.75, 3.05) is 14.2 Å². The monoisotopic (exact) mass is 303 g/mol. The number of nitrogens with one attached hydrogen (secondary N) is 1. The SMILES string of the molecule is COC(=O)[C@@H]1C(=O)NC2(CCCC2)C1c1ccc(OC)cc1. The molecule has 1 saturated heterocycles. The van der Waals surface area contributed by atoms with Gasteiger partial charge in [0.25, 0.3) is 0 Å². The van der Waals surface area contributed by atoms with Gasteiger partial charge in [0, 0.05) is 11.5 Å². The first-order valence-electron chi connectivity index (χ1n) is 7.65. The van der Waals surface area contributed by atoms with Crippen LogP contribution >= 0.6 is 0 Å². The van der Waals surface area contributed by atoms with Crippen LogP contribution in [0.4, 0.5) is 0 Å². The maximum absolute atomic E-state index is 12.4. The molecule has 2 aliphatic rings. The van der Waals surface area contributed by atoms with E-state index >= 15 is 0 Å². The molecule has 1 aliphatic heterocycles. The van der Waals surface area contributed by atoms with E-state index in [2.05, 4.69) is 5.32 Å². The molecular formula is C17H21NO4. The summed E-state index contributed by atoms with van der Waals surface area (Å²) in [6, 6.07) is 7.63. The average molecular weight is 303 g/mol. The molecule has 1 saturated carbocycles. The van der Waals surface area contributed by atoms with Crippen LogP contribution < -0.4 is 10.1 Å². The molecule has 22 heavy (non-hydrogen) atoms. The van der Waals surface area contributed by atoms with E-state index in [1.807, 2.05) is 24.3 Å². The molecule has 1 amide bonds. The predicted molar refractivity (Wildman–Crippen MR) is 80.6 cm³/mol. The molecule has 2 fully saturated rings. The van der Waals surface area contributed by atoms with E-state index in [1.165, 1.54) is 7.11 Å². The van der Waals surface area contributed by atoms with Gasteiger partial charge in [0.1, 0.15) is 11.7 Å². The van der Waals surface area contributed by atoms with Crippen molar-refractivity contribution in [2.45, 2.75) is 37.1 Å². The second-order valence-corrected chi connectivity index (χ2v) is 6.10. The fraction of sp³-hybridized carbons (Fsp3) is 0.529. The number of rotatable bonds is 3. The van der Waals surface area contributed by atoms with Crippen molar-refractivity contribution in [1.82, 2.24) is 5.32 Å². The highest BCUT2D eigenvalue weighted by atomic mass is 16.5. The van der Waals surface area contributed by atoms with Crippen molar-refractivity contribution in [1.29, 1.82) is 0 Å². The van der Waals surface area contributed by atoms with E-state index in [4.69, 9.17) is 9.47 Å². The van der Waals surface area contributed by atoms with Crippen LogP contribution in [0.1, 0.15) is 37.2 Å². The number of ether oxygens (including phenoxy) is 2. The third kappa shape index (κ3) is 2.25. The molecule has 1 aliphatic carbocycles. The highest BCUT2D eigenvalue weighted by molar-refractivity contribution is 6.01. The second kappa shape index (κ2) is 5.63. The van der Waals surface area contributed by atoms with Crippen molar-refractivity contribution >= 4 is 11.9 Å². The molecular weight excluding hydrogens is 282 g/mol. The Morgan fingerprint density at radius 3 is 2.36 bits per heavy atom. The summed E-state index contributed by atoms with van der Waals surface area (Å²) in [4.78, 5) is 24.6. The van der Waals surface area contributed by atoms with Gasteiger partial charge in [-0.15, -0.1) is 0 Å². The number of carbonyl (C=O) groups is 2. The first-order chi connectivity index (χ1) is 10.6.